The molecule has 0 amide bonds. The van der Waals surface area contributed by atoms with Gasteiger partial charge in [0.1, 0.15) is 0 Å². The number of hydrogen-bond donors (Lipinski definition) is 2. The van der Waals surface area contributed by atoms with Gasteiger partial charge in [-0.3, -0.25) is 4.72 Å². The highest BCUT2D eigenvalue weighted by Crippen LogP contribution is 2.28. The fraction of sp³-hybridized carbons (Fsp3) is 0.385. The van der Waals surface area contributed by atoms with Crippen LogP contribution in [0.1, 0.15) is 26.5 Å². The quantitative estimate of drug-likeness (QED) is 0.902. The lowest BCUT2D eigenvalue weighted by atomic mass is 9.93. The van der Waals surface area contributed by atoms with Crippen LogP contribution >= 0.6 is 11.3 Å². The summed E-state index contributed by atoms with van der Waals surface area (Å²) in [6.07, 6.45) is 1.44. The smallest absolute Gasteiger partial charge is 0.283 e. The van der Waals surface area contributed by atoms with Crippen LogP contribution in [0.25, 0.3) is 0 Å². The van der Waals surface area contributed by atoms with Gasteiger partial charge in [0.05, 0.1) is 11.4 Å². The molecular weight excluding hydrogens is 308 g/mol. The molecule has 0 radical (unpaired) electrons. The zero-order valence-electron chi connectivity index (χ0n) is 12.3. The number of rotatable bonds is 4. The summed E-state index contributed by atoms with van der Waals surface area (Å²) < 4.78 is 27.3. The van der Waals surface area contributed by atoms with Gasteiger partial charge in [-0.2, -0.15) is 8.42 Å². The van der Waals surface area contributed by atoms with Crippen molar-refractivity contribution in [1.29, 1.82) is 0 Å². The van der Waals surface area contributed by atoms with Crippen molar-refractivity contribution in [1.82, 2.24) is 9.97 Å². The summed E-state index contributed by atoms with van der Waals surface area (Å²) in [5, 5.41) is 4.97. The second kappa shape index (κ2) is 5.61. The van der Waals surface area contributed by atoms with Crippen molar-refractivity contribution in [2.75, 3.05) is 17.1 Å². The number of hydrogen-bond acceptors (Lipinski definition) is 6. The molecule has 0 unspecified atom stereocenters. The van der Waals surface area contributed by atoms with E-state index in [1.165, 1.54) is 17.5 Å². The van der Waals surface area contributed by atoms with Crippen LogP contribution < -0.4 is 10.0 Å². The number of nitrogens with one attached hydrogen (secondary N) is 2. The lowest BCUT2D eigenvalue weighted by Crippen LogP contribution is -2.17. The zero-order valence-corrected chi connectivity index (χ0v) is 14.0. The Kier molecular flexibility index (Phi) is 4.20. The number of anilines is 2. The first kappa shape index (κ1) is 15.7. The molecule has 6 nitrogen and oxygen atoms in total. The topological polar surface area (TPSA) is 84.0 Å². The first-order chi connectivity index (χ1) is 9.74. The van der Waals surface area contributed by atoms with E-state index in [0.29, 0.717) is 10.8 Å². The van der Waals surface area contributed by atoms with Gasteiger partial charge in [0.2, 0.25) is 0 Å². The molecule has 2 rings (SSSR count). The average molecular weight is 326 g/mol. The van der Waals surface area contributed by atoms with Crippen molar-refractivity contribution >= 4 is 32.2 Å². The standard InChI is InChI=1S/C13H18N4O2S2/c1-13(2,3)10-8-20-12(16-10)17-21(18,19)11-9(14-4)6-5-7-15-11/h5-8,14H,1-4H3,(H,16,17). The van der Waals surface area contributed by atoms with Gasteiger partial charge < -0.3 is 5.32 Å². The molecule has 0 aliphatic carbocycles. The Morgan fingerprint density at radius 1 is 1.29 bits per heavy atom. The monoisotopic (exact) mass is 326 g/mol. The molecule has 0 bridgehead atoms. The minimum Gasteiger partial charge on any atom is -0.386 e. The fourth-order valence-corrected chi connectivity index (χ4v) is 3.96. The van der Waals surface area contributed by atoms with Crippen LogP contribution in [-0.2, 0) is 15.4 Å². The van der Waals surface area contributed by atoms with Crippen molar-refractivity contribution in [2.45, 2.75) is 31.2 Å². The number of sulfonamides is 1. The summed E-state index contributed by atoms with van der Waals surface area (Å²) in [4.78, 5) is 8.26. The number of thiazole rings is 1. The maximum atomic E-state index is 12.4. The summed E-state index contributed by atoms with van der Waals surface area (Å²) >= 11 is 1.26. The van der Waals surface area contributed by atoms with Crippen LogP contribution in [0.2, 0.25) is 0 Å². The van der Waals surface area contributed by atoms with Crippen LogP contribution in [-0.4, -0.2) is 25.4 Å². The molecule has 0 aliphatic heterocycles. The second-order valence-corrected chi connectivity index (χ2v) is 7.96. The van der Waals surface area contributed by atoms with Crippen LogP contribution in [0, 0.1) is 0 Å². The third-order valence-corrected chi connectivity index (χ3v) is 4.97. The van der Waals surface area contributed by atoms with Gasteiger partial charge >= 0.3 is 0 Å². The Morgan fingerprint density at radius 2 is 2.00 bits per heavy atom. The largest absolute Gasteiger partial charge is 0.386 e. The summed E-state index contributed by atoms with van der Waals surface area (Å²) in [5.41, 5.74) is 1.17. The minimum absolute atomic E-state index is 0.0417. The second-order valence-electron chi connectivity index (χ2n) is 5.50. The summed E-state index contributed by atoms with van der Waals surface area (Å²) in [6, 6.07) is 3.33. The first-order valence-corrected chi connectivity index (χ1v) is 8.72. The van der Waals surface area contributed by atoms with Gasteiger partial charge in [-0.25, -0.2) is 9.97 Å². The molecule has 2 aromatic rings. The average Bonchev–Trinajstić information content (AvgIpc) is 2.86. The lowest BCUT2D eigenvalue weighted by Gasteiger charge is -2.14. The van der Waals surface area contributed by atoms with Crippen molar-refractivity contribution in [3.63, 3.8) is 0 Å². The predicted molar refractivity (Wildman–Crippen MR) is 85.4 cm³/mol. The molecule has 0 fully saturated rings. The fourth-order valence-electron chi connectivity index (χ4n) is 1.62. The molecular formula is C13H18N4O2S2. The number of aromatic nitrogens is 2. The summed E-state index contributed by atoms with van der Waals surface area (Å²) in [7, 11) is -2.11. The molecule has 0 aliphatic rings. The Hall–Kier alpha value is -1.67. The van der Waals surface area contributed by atoms with Gasteiger partial charge in [0, 0.05) is 24.0 Å². The molecule has 0 saturated carbocycles. The molecule has 2 heterocycles. The van der Waals surface area contributed by atoms with E-state index in [1.54, 1.807) is 19.2 Å². The lowest BCUT2D eigenvalue weighted by molar-refractivity contribution is 0.573. The van der Waals surface area contributed by atoms with E-state index in [4.69, 9.17) is 0 Å². The SMILES string of the molecule is CNc1cccnc1S(=O)(=O)Nc1nc(C(C)(C)C)cs1. The Balaban J connectivity index is 2.32. The van der Waals surface area contributed by atoms with Gasteiger partial charge in [-0.1, -0.05) is 20.8 Å². The van der Waals surface area contributed by atoms with E-state index in [9.17, 15) is 8.42 Å². The highest BCUT2D eigenvalue weighted by Gasteiger charge is 2.23. The zero-order chi connectivity index (χ0) is 15.7. The Bertz CT molecular complexity index is 733. The highest BCUT2D eigenvalue weighted by atomic mass is 32.2. The Morgan fingerprint density at radius 3 is 2.57 bits per heavy atom. The molecule has 2 aromatic heterocycles. The molecule has 2 N–H and O–H groups in total. The normalized spacial score (nSPS) is 12.2. The number of pyridine rings is 1. The number of nitrogens with zero attached hydrogens (tertiary/aromatic N) is 2. The molecule has 0 spiro atoms. The van der Waals surface area contributed by atoms with E-state index in [-0.39, 0.29) is 10.4 Å². The van der Waals surface area contributed by atoms with E-state index in [2.05, 4.69) is 20.0 Å². The van der Waals surface area contributed by atoms with Crippen LogP contribution in [0.4, 0.5) is 10.8 Å². The van der Waals surface area contributed by atoms with E-state index in [1.807, 2.05) is 26.2 Å². The van der Waals surface area contributed by atoms with Crippen molar-refractivity contribution in [3.8, 4) is 0 Å². The molecule has 0 atom stereocenters. The van der Waals surface area contributed by atoms with Crippen molar-refractivity contribution in [3.05, 3.63) is 29.4 Å². The highest BCUT2D eigenvalue weighted by molar-refractivity contribution is 7.93. The van der Waals surface area contributed by atoms with E-state index in [0.717, 1.165) is 5.69 Å². The summed E-state index contributed by atoms with van der Waals surface area (Å²) in [6.45, 7) is 6.08. The third-order valence-electron chi connectivity index (χ3n) is 2.79. The van der Waals surface area contributed by atoms with Crippen molar-refractivity contribution < 1.29 is 8.42 Å². The van der Waals surface area contributed by atoms with Gasteiger partial charge in [0.15, 0.2) is 10.2 Å². The van der Waals surface area contributed by atoms with Gasteiger partial charge in [-0.15, -0.1) is 11.3 Å². The molecule has 114 valence electrons. The maximum absolute atomic E-state index is 12.4. The van der Waals surface area contributed by atoms with Gasteiger partial charge in [-0.05, 0) is 12.1 Å². The maximum Gasteiger partial charge on any atom is 0.283 e. The van der Waals surface area contributed by atoms with Gasteiger partial charge in [0.25, 0.3) is 10.0 Å². The molecule has 21 heavy (non-hydrogen) atoms. The van der Waals surface area contributed by atoms with Crippen molar-refractivity contribution in [2.24, 2.45) is 0 Å². The van der Waals surface area contributed by atoms with E-state index >= 15 is 0 Å². The summed E-state index contributed by atoms with van der Waals surface area (Å²) in [5.74, 6) is 0. The van der Waals surface area contributed by atoms with Crippen LogP contribution in [0.15, 0.2) is 28.7 Å². The molecule has 0 saturated heterocycles. The minimum atomic E-state index is -3.76. The van der Waals surface area contributed by atoms with E-state index < -0.39 is 10.0 Å². The predicted octanol–water partition coefficient (Wildman–Crippen LogP) is 2.68. The van der Waals surface area contributed by atoms with Crippen LogP contribution in [0.3, 0.4) is 0 Å². The third kappa shape index (κ3) is 3.51. The molecule has 8 heteroatoms. The first-order valence-electron chi connectivity index (χ1n) is 6.35. The van der Waals surface area contributed by atoms with Crippen LogP contribution in [0.5, 0.6) is 0 Å². The Labute approximate surface area is 128 Å². The molecule has 0 aromatic carbocycles.